The van der Waals surface area contributed by atoms with E-state index in [4.69, 9.17) is 0 Å². The van der Waals surface area contributed by atoms with Gasteiger partial charge in [-0.05, 0) is 30.7 Å². The van der Waals surface area contributed by atoms with Crippen LogP contribution in [0.1, 0.15) is 23.8 Å². The number of phenolic OH excluding ortho intramolecular Hbond substituents is 1. The standard InChI is InChI=1S/C14H15N3O4/c1-2-7-16-9-11(17(20)21)8-13(16)14(19)15-10-3-5-12(18)6-4-10/h3-6,8-9,18H,2,7H2,1H3,(H,15,19). The molecule has 1 amide bonds. The van der Waals surface area contributed by atoms with Crippen LogP contribution in [0.25, 0.3) is 0 Å². The zero-order valence-corrected chi connectivity index (χ0v) is 11.4. The lowest BCUT2D eigenvalue weighted by Gasteiger charge is -2.08. The van der Waals surface area contributed by atoms with Gasteiger partial charge in [-0.1, -0.05) is 6.92 Å². The summed E-state index contributed by atoms with van der Waals surface area (Å²) in [5.74, 6) is -0.333. The summed E-state index contributed by atoms with van der Waals surface area (Å²) in [6, 6.07) is 7.25. The average Bonchev–Trinajstić information content (AvgIpc) is 2.86. The molecule has 1 heterocycles. The Kier molecular flexibility index (Phi) is 4.22. The van der Waals surface area contributed by atoms with Crippen LogP contribution in [0.3, 0.4) is 0 Å². The van der Waals surface area contributed by atoms with Crippen LogP contribution in [0.2, 0.25) is 0 Å². The summed E-state index contributed by atoms with van der Waals surface area (Å²) in [5, 5.41) is 22.7. The van der Waals surface area contributed by atoms with Crippen LogP contribution in [0.4, 0.5) is 11.4 Å². The van der Waals surface area contributed by atoms with Crippen LogP contribution in [0.5, 0.6) is 5.75 Å². The van der Waals surface area contributed by atoms with E-state index in [1.165, 1.54) is 24.4 Å². The molecule has 0 aliphatic carbocycles. The molecule has 0 bridgehead atoms. The molecule has 7 nitrogen and oxygen atoms in total. The van der Waals surface area contributed by atoms with E-state index < -0.39 is 10.8 Å². The maximum absolute atomic E-state index is 12.2. The topological polar surface area (TPSA) is 97.4 Å². The lowest BCUT2D eigenvalue weighted by molar-refractivity contribution is -0.384. The quantitative estimate of drug-likeness (QED) is 0.502. The van der Waals surface area contributed by atoms with Gasteiger partial charge in [0.05, 0.1) is 11.1 Å². The number of nitro groups is 1. The Morgan fingerprint density at radius 3 is 2.62 bits per heavy atom. The highest BCUT2D eigenvalue weighted by Gasteiger charge is 2.19. The number of carbonyl (C=O) groups is 1. The second-order valence-electron chi connectivity index (χ2n) is 4.54. The summed E-state index contributed by atoms with van der Waals surface area (Å²) >= 11 is 0. The zero-order valence-electron chi connectivity index (χ0n) is 11.4. The van der Waals surface area contributed by atoms with Crippen molar-refractivity contribution in [2.75, 3.05) is 5.32 Å². The Morgan fingerprint density at radius 2 is 2.05 bits per heavy atom. The van der Waals surface area contributed by atoms with Crippen LogP contribution in [0, 0.1) is 10.1 Å². The van der Waals surface area contributed by atoms with E-state index in [2.05, 4.69) is 5.32 Å². The fourth-order valence-electron chi connectivity index (χ4n) is 1.95. The highest BCUT2D eigenvalue weighted by atomic mass is 16.6. The average molecular weight is 289 g/mol. The summed E-state index contributed by atoms with van der Waals surface area (Å²) in [7, 11) is 0. The molecule has 0 saturated carbocycles. The van der Waals surface area contributed by atoms with Crippen LogP contribution >= 0.6 is 0 Å². The van der Waals surface area contributed by atoms with E-state index in [9.17, 15) is 20.0 Å². The molecule has 0 saturated heterocycles. The zero-order chi connectivity index (χ0) is 15.4. The van der Waals surface area contributed by atoms with Crippen molar-refractivity contribution in [1.29, 1.82) is 0 Å². The van der Waals surface area contributed by atoms with E-state index >= 15 is 0 Å². The molecule has 2 N–H and O–H groups in total. The molecular weight excluding hydrogens is 274 g/mol. The molecule has 110 valence electrons. The van der Waals surface area contributed by atoms with Crippen molar-refractivity contribution in [3.8, 4) is 5.75 Å². The third-order valence-electron chi connectivity index (χ3n) is 2.92. The third kappa shape index (κ3) is 3.38. The number of aromatic hydroxyl groups is 1. The van der Waals surface area contributed by atoms with Crippen molar-refractivity contribution in [3.63, 3.8) is 0 Å². The minimum atomic E-state index is -0.524. The fourth-order valence-corrected chi connectivity index (χ4v) is 1.95. The summed E-state index contributed by atoms with van der Waals surface area (Å²) in [5.41, 5.74) is 0.626. The van der Waals surface area contributed by atoms with Crippen LogP contribution in [0.15, 0.2) is 36.5 Å². The van der Waals surface area contributed by atoms with Gasteiger partial charge < -0.3 is 15.0 Å². The van der Waals surface area contributed by atoms with Crippen LogP contribution in [-0.2, 0) is 6.54 Å². The number of aryl methyl sites for hydroxylation is 1. The van der Waals surface area contributed by atoms with Crippen molar-refractivity contribution >= 4 is 17.3 Å². The number of anilines is 1. The number of phenols is 1. The van der Waals surface area contributed by atoms with Crippen molar-refractivity contribution < 1.29 is 14.8 Å². The molecule has 0 radical (unpaired) electrons. The highest BCUT2D eigenvalue weighted by Crippen LogP contribution is 2.19. The molecule has 21 heavy (non-hydrogen) atoms. The Bertz CT molecular complexity index is 661. The molecule has 0 atom stereocenters. The van der Waals surface area contributed by atoms with Crippen molar-refractivity contribution in [2.24, 2.45) is 0 Å². The summed E-state index contributed by atoms with van der Waals surface area (Å²) < 4.78 is 1.56. The second kappa shape index (κ2) is 6.08. The third-order valence-corrected chi connectivity index (χ3v) is 2.92. The van der Waals surface area contributed by atoms with Gasteiger partial charge in [0.2, 0.25) is 0 Å². The maximum atomic E-state index is 12.2. The fraction of sp³-hybridized carbons (Fsp3) is 0.214. The summed E-state index contributed by atoms with van der Waals surface area (Å²) in [6.07, 6.45) is 2.11. The molecule has 0 aliphatic heterocycles. The number of rotatable bonds is 5. The number of carbonyl (C=O) groups excluding carboxylic acids is 1. The first-order chi connectivity index (χ1) is 10.0. The Labute approximate surface area is 121 Å². The first-order valence-electron chi connectivity index (χ1n) is 6.46. The molecule has 2 aromatic rings. The van der Waals surface area contributed by atoms with Crippen molar-refractivity contribution in [2.45, 2.75) is 19.9 Å². The molecule has 0 aliphatic rings. The lowest BCUT2D eigenvalue weighted by atomic mass is 10.3. The molecule has 2 rings (SSSR count). The molecule has 1 aromatic carbocycles. The predicted molar refractivity (Wildman–Crippen MR) is 77.4 cm³/mol. The SMILES string of the molecule is CCCn1cc([N+](=O)[O-])cc1C(=O)Nc1ccc(O)cc1. The van der Waals surface area contributed by atoms with Gasteiger partial charge in [-0.2, -0.15) is 0 Å². The number of hydrogen-bond donors (Lipinski definition) is 2. The van der Waals surface area contributed by atoms with Crippen LogP contribution < -0.4 is 5.32 Å². The van der Waals surface area contributed by atoms with Gasteiger partial charge in [0.15, 0.2) is 0 Å². The predicted octanol–water partition coefficient (Wildman–Crippen LogP) is 2.76. The summed E-state index contributed by atoms with van der Waals surface area (Å²) in [6.45, 7) is 2.44. The number of nitrogens with one attached hydrogen (secondary N) is 1. The maximum Gasteiger partial charge on any atom is 0.287 e. The van der Waals surface area contributed by atoms with Gasteiger partial charge in [-0.3, -0.25) is 14.9 Å². The van der Waals surface area contributed by atoms with E-state index in [1.54, 1.807) is 16.7 Å². The Morgan fingerprint density at radius 1 is 1.38 bits per heavy atom. The number of hydrogen-bond acceptors (Lipinski definition) is 4. The van der Waals surface area contributed by atoms with Crippen molar-refractivity contribution in [1.82, 2.24) is 4.57 Å². The number of benzene rings is 1. The number of nitrogens with zero attached hydrogens (tertiary/aromatic N) is 2. The summed E-state index contributed by atoms with van der Waals surface area (Å²) in [4.78, 5) is 22.5. The van der Waals surface area contributed by atoms with Crippen LogP contribution in [-0.4, -0.2) is 20.5 Å². The Hall–Kier alpha value is -2.83. The van der Waals surface area contributed by atoms with Gasteiger partial charge in [0.1, 0.15) is 11.4 Å². The van der Waals surface area contributed by atoms with Gasteiger partial charge in [-0.15, -0.1) is 0 Å². The Balaban J connectivity index is 2.25. The molecule has 1 aromatic heterocycles. The molecular formula is C14H15N3O4. The lowest BCUT2D eigenvalue weighted by Crippen LogP contribution is -2.16. The van der Waals surface area contributed by atoms with E-state index in [1.807, 2.05) is 6.92 Å². The molecule has 0 unspecified atom stereocenters. The van der Waals surface area contributed by atoms with Gasteiger partial charge in [0.25, 0.3) is 11.6 Å². The number of amides is 1. The molecule has 0 fully saturated rings. The molecule has 7 heteroatoms. The van der Waals surface area contributed by atoms with Gasteiger partial charge in [-0.25, -0.2) is 0 Å². The minimum Gasteiger partial charge on any atom is -0.508 e. The minimum absolute atomic E-state index is 0.0954. The normalized spacial score (nSPS) is 10.3. The highest BCUT2D eigenvalue weighted by molar-refractivity contribution is 6.03. The van der Waals surface area contributed by atoms with Gasteiger partial charge >= 0.3 is 0 Å². The smallest absolute Gasteiger partial charge is 0.287 e. The first-order valence-corrected chi connectivity index (χ1v) is 6.46. The largest absolute Gasteiger partial charge is 0.508 e. The molecule has 0 spiro atoms. The van der Waals surface area contributed by atoms with E-state index in [-0.39, 0.29) is 17.1 Å². The second-order valence-corrected chi connectivity index (χ2v) is 4.54. The monoisotopic (exact) mass is 289 g/mol. The first kappa shape index (κ1) is 14.6. The van der Waals surface area contributed by atoms with E-state index in [0.717, 1.165) is 6.42 Å². The van der Waals surface area contributed by atoms with E-state index in [0.29, 0.717) is 12.2 Å². The van der Waals surface area contributed by atoms with Crippen molar-refractivity contribution in [3.05, 3.63) is 52.3 Å². The number of aromatic nitrogens is 1. The van der Waals surface area contributed by atoms with Gasteiger partial charge in [0, 0.05) is 18.3 Å².